The molecule has 0 saturated carbocycles. The smallest absolute Gasteiger partial charge is 0.289 e. The van der Waals surface area contributed by atoms with Crippen LogP contribution in [0.5, 0.6) is 0 Å². The van der Waals surface area contributed by atoms with Crippen LogP contribution in [0.25, 0.3) is 44.6 Å². The summed E-state index contributed by atoms with van der Waals surface area (Å²) in [6.45, 7) is 0. The molecule has 8 aromatic carbocycles. The normalized spacial score (nSPS) is 16.1. The standard InChI is InChI=1S/C67H42F6O2/c68-53-23-13-22-50(36-41-53)66(67(71,72)73,51-32-24-46(25-33-51)56-58(48-28-37-54(69)38-29-48)62(44-18-9-3-10-19-44)64(74)60(56)42-14-5-1-6-15-42)52-34-26-47(27-35-52)57-59(49-30-39-55(70)40-31-49)63(45-20-11-4-12-21-45)65(75)61(57)43-16-7-2-8-17-43/h1-41,53H. The van der Waals surface area contributed by atoms with Gasteiger partial charge in [-0.3, -0.25) is 9.59 Å². The van der Waals surface area contributed by atoms with E-state index in [0.29, 0.717) is 89.1 Å². The number of alkyl halides is 4. The number of hydrogen-bond acceptors (Lipinski definition) is 2. The molecule has 2 nitrogen and oxygen atoms in total. The van der Waals surface area contributed by atoms with Crippen molar-refractivity contribution in [2.45, 2.75) is 17.8 Å². The Kier molecular flexibility index (Phi) is 12.6. The molecular weight excluding hydrogens is 951 g/mol. The van der Waals surface area contributed by atoms with Gasteiger partial charge in [0.05, 0.1) is 0 Å². The van der Waals surface area contributed by atoms with Gasteiger partial charge in [-0.05, 0) is 97.6 Å². The Balaban J connectivity index is 1.13. The molecule has 0 amide bonds. The van der Waals surface area contributed by atoms with Crippen molar-refractivity contribution >= 4 is 56.2 Å². The highest BCUT2D eigenvalue weighted by Crippen LogP contribution is 2.56. The first-order valence-corrected chi connectivity index (χ1v) is 24.2. The maximum atomic E-state index is 17.0. The second kappa shape index (κ2) is 19.7. The quantitative estimate of drug-likeness (QED) is 0.121. The summed E-state index contributed by atoms with van der Waals surface area (Å²) in [4.78, 5) is 29.9. The van der Waals surface area contributed by atoms with Gasteiger partial charge in [0, 0.05) is 44.6 Å². The first kappa shape index (κ1) is 48.1. The lowest BCUT2D eigenvalue weighted by Gasteiger charge is -2.38. The summed E-state index contributed by atoms with van der Waals surface area (Å²) in [5.41, 5.74) is 3.97. The lowest BCUT2D eigenvalue weighted by molar-refractivity contribution is -0.166. The van der Waals surface area contributed by atoms with E-state index < -0.39 is 29.4 Å². The molecule has 11 rings (SSSR count). The van der Waals surface area contributed by atoms with Crippen LogP contribution in [0.1, 0.15) is 55.6 Å². The SMILES string of the molecule is O=C1C(c2ccccc2)=C(c2ccc(F)cc2)C(c2ccc(C(C3=CC=CC(F)C=C3)(c3ccc(C4=C(c5ccccc5)C(=O)C(c5ccccc5)=C4c4ccc(F)cc4)cc3)C(F)(F)F)cc2)=C1c1ccccc1. The van der Waals surface area contributed by atoms with Gasteiger partial charge in [-0.1, -0.05) is 212 Å². The number of carbonyl (C=O) groups is 2. The maximum absolute atomic E-state index is 17.0. The highest BCUT2D eigenvalue weighted by molar-refractivity contribution is 6.60. The fraction of sp³-hybridized carbons (Fsp3) is 0.0448. The average molecular weight is 993 g/mol. The molecule has 0 aromatic heterocycles. The highest BCUT2D eigenvalue weighted by Gasteiger charge is 2.59. The van der Waals surface area contributed by atoms with Gasteiger partial charge in [-0.15, -0.1) is 0 Å². The van der Waals surface area contributed by atoms with Crippen molar-refractivity contribution in [3.63, 3.8) is 0 Å². The maximum Gasteiger partial charge on any atom is 0.406 e. The highest BCUT2D eigenvalue weighted by atomic mass is 19.4. The van der Waals surface area contributed by atoms with Crippen LogP contribution in [0.15, 0.2) is 254 Å². The van der Waals surface area contributed by atoms with E-state index in [4.69, 9.17) is 0 Å². The summed E-state index contributed by atoms with van der Waals surface area (Å²) in [6.07, 6.45) is -0.761. The number of benzene rings is 8. The molecule has 0 heterocycles. The second-order valence-electron chi connectivity index (χ2n) is 18.3. The van der Waals surface area contributed by atoms with Gasteiger partial charge in [0.15, 0.2) is 11.6 Å². The van der Waals surface area contributed by atoms with Gasteiger partial charge in [0.25, 0.3) is 0 Å². The first-order chi connectivity index (χ1) is 36.4. The fourth-order valence-electron chi connectivity index (χ4n) is 10.7. The van der Waals surface area contributed by atoms with E-state index in [9.17, 15) is 18.4 Å². The Bertz CT molecular complexity index is 3510. The van der Waals surface area contributed by atoms with Crippen LogP contribution in [0.2, 0.25) is 0 Å². The van der Waals surface area contributed by atoms with E-state index >= 15 is 17.6 Å². The van der Waals surface area contributed by atoms with Crippen LogP contribution < -0.4 is 0 Å². The molecule has 0 radical (unpaired) electrons. The van der Waals surface area contributed by atoms with E-state index in [1.807, 2.05) is 72.8 Å². The minimum Gasteiger partial charge on any atom is -0.289 e. The summed E-state index contributed by atoms with van der Waals surface area (Å²) < 4.78 is 95.1. The van der Waals surface area contributed by atoms with Gasteiger partial charge in [-0.25, -0.2) is 13.2 Å². The Labute approximate surface area is 429 Å². The van der Waals surface area contributed by atoms with Crippen LogP contribution in [0, 0.1) is 11.6 Å². The van der Waals surface area contributed by atoms with Crippen molar-refractivity contribution in [1.82, 2.24) is 0 Å². The third kappa shape index (κ3) is 8.58. The third-order valence-corrected chi connectivity index (χ3v) is 14.0. The molecule has 1 atom stereocenters. The molecule has 3 aliphatic carbocycles. The van der Waals surface area contributed by atoms with Crippen LogP contribution in [-0.2, 0) is 15.0 Å². The Morgan fingerprint density at radius 3 is 0.907 bits per heavy atom. The largest absolute Gasteiger partial charge is 0.406 e. The Morgan fingerprint density at radius 2 is 0.613 bits per heavy atom. The molecule has 1 unspecified atom stereocenters. The number of rotatable bonds is 11. The van der Waals surface area contributed by atoms with Gasteiger partial charge in [-0.2, -0.15) is 13.2 Å². The molecule has 8 heteroatoms. The van der Waals surface area contributed by atoms with Crippen molar-refractivity contribution in [2.75, 3.05) is 0 Å². The zero-order valence-electron chi connectivity index (χ0n) is 39.8. The molecule has 0 spiro atoms. The van der Waals surface area contributed by atoms with Crippen molar-refractivity contribution in [1.29, 1.82) is 0 Å². The molecular formula is C67H42F6O2. The van der Waals surface area contributed by atoms with Crippen molar-refractivity contribution in [3.8, 4) is 0 Å². The zero-order chi connectivity index (χ0) is 51.8. The van der Waals surface area contributed by atoms with Crippen molar-refractivity contribution in [3.05, 3.63) is 322 Å². The van der Waals surface area contributed by atoms with Crippen LogP contribution >= 0.6 is 0 Å². The molecule has 0 fully saturated rings. The van der Waals surface area contributed by atoms with Crippen molar-refractivity contribution < 1.29 is 35.9 Å². The van der Waals surface area contributed by atoms with Gasteiger partial charge in [0.1, 0.15) is 23.2 Å². The number of Topliss-reactive ketones (excluding diaryl/α,β-unsaturated/α-hetero) is 2. The van der Waals surface area contributed by atoms with E-state index in [1.165, 1.54) is 72.8 Å². The number of halogens is 6. The van der Waals surface area contributed by atoms with E-state index in [-0.39, 0.29) is 28.3 Å². The van der Waals surface area contributed by atoms with E-state index in [0.717, 1.165) is 6.08 Å². The molecule has 0 saturated heterocycles. The van der Waals surface area contributed by atoms with Gasteiger partial charge >= 0.3 is 6.18 Å². The minimum absolute atomic E-state index is 0.201. The molecule has 8 aromatic rings. The molecule has 0 bridgehead atoms. The van der Waals surface area contributed by atoms with Crippen LogP contribution in [-0.4, -0.2) is 23.9 Å². The number of ketones is 2. The monoisotopic (exact) mass is 992 g/mol. The summed E-state index contributed by atoms with van der Waals surface area (Å²) in [6, 6.07) is 59.5. The summed E-state index contributed by atoms with van der Waals surface area (Å²) in [5.74, 6) is -1.58. The molecule has 0 N–H and O–H groups in total. The Hall–Kier alpha value is -9.14. The van der Waals surface area contributed by atoms with Gasteiger partial charge < -0.3 is 0 Å². The van der Waals surface area contributed by atoms with E-state index in [2.05, 4.69) is 0 Å². The predicted molar refractivity (Wildman–Crippen MR) is 287 cm³/mol. The first-order valence-electron chi connectivity index (χ1n) is 24.2. The summed E-state index contributed by atoms with van der Waals surface area (Å²) in [7, 11) is 0. The fourth-order valence-corrected chi connectivity index (χ4v) is 10.7. The average Bonchev–Trinajstić information content (AvgIpc) is 3.83. The molecule has 364 valence electrons. The zero-order valence-corrected chi connectivity index (χ0v) is 39.8. The number of hydrogen-bond donors (Lipinski definition) is 0. The van der Waals surface area contributed by atoms with Crippen LogP contribution in [0.3, 0.4) is 0 Å². The number of allylic oxidation sites excluding steroid dienone is 14. The Morgan fingerprint density at radius 1 is 0.333 bits per heavy atom. The van der Waals surface area contributed by atoms with E-state index in [1.54, 1.807) is 97.1 Å². The molecule has 75 heavy (non-hydrogen) atoms. The summed E-state index contributed by atoms with van der Waals surface area (Å²) >= 11 is 0. The molecule has 0 aliphatic heterocycles. The van der Waals surface area contributed by atoms with Gasteiger partial charge in [0.2, 0.25) is 0 Å². The third-order valence-electron chi connectivity index (χ3n) is 14.0. The van der Waals surface area contributed by atoms with Crippen molar-refractivity contribution in [2.24, 2.45) is 0 Å². The topological polar surface area (TPSA) is 34.1 Å². The molecule has 3 aliphatic rings. The lowest BCUT2D eigenvalue weighted by Crippen LogP contribution is -2.45. The lowest BCUT2D eigenvalue weighted by atomic mass is 9.67. The second-order valence-corrected chi connectivity index (χ2v) is 18.3. The minimum atomic E-state index is -5.06. The predicted octanol–water partition coefficient (Wildman–Crippen LogP) is 16.4. The van der Waals surface area contributed by atoms with Crippen LogP contribution in [0.4, 0.5) is 26.3 Å². The summed E-state index contributed by atoms with van der Waals surface area (Å²) in [5, 5.41) is 0. The number of carbonyl (C=O) groups excluding carboxylic acids is 2.